The van der Waals surface area contributed by atoms with E-state index in [1.54, 1.807) is 26.2 Å². The molecule has 0 aliphatic carbocycles. The first-order valence-corrected chi connectivity index (χ1v) is 10.8. The number of carbonyl (C=O) groups is 1. The third kappa shape index (κ3) is 3.27. The van der Waals surface area contributed by atoms with Crippen LogP contribution < -0.4 is 15.0 Å². The van der Waals surface area contributed by atoms with Gasteiger partial charge in [0.15, 0.2) is 4.91 Å². The molecule has 2 aliphatic rings. The molecule has 6 nitrogen and oxygen atoms in total. The number of rotatable bonds is 4. The van der Waals surface area contributed by atoms with Crippen molar-refractivity contribution in [2.24, 2.45) is 0 Å². The molecule has 0 saturated carbocycles. The number of ether oxygens (including phenoxy) is 1. The lowest BCUT2D eigenvalue weighted by molar-refractivity contribution is -0.117. The van der Waals surface area contributed by atoms with Crippen LogP contribution in [0.2, 0.25) is 0 Å². The smallest absolute Gasteiger partial charge is 0.265 e. The number of anilines is 1. The van der Waals surface area contributed by atoms with Crippen LogP contribution in [0.5, 0.6) is 5.75 Å². The van der Waals surface area contributed by atoms with Crippen LogP contribution in [0.15, 0.2) is 58.0 Å². The molecule has 8 heteroatoms. The number of benzene rings is 2. The number of fused-ring (bicyclic) bond motifs is 3. The van der Waals surface area contributed by atoms with Gasteiger partial charge in [0.1, 0.15) is 11.6 Å². The lowest BCUT2D eigenvalue weighted by Crippen LogP contribution is -2.36. The standard InChI is InChI=1S/C21H21FN2O4S/c1-13(14-5-8-16(28-2)9-6-14)23-21(25)20-18-4-3-11-24(18)17-10-7-15(22)12-19(17)29(20,26)27/h5-10,12-13H,3-4,11H2,1-2H3,(H,23,25). The highest BCUT2D eigenvalue weighted by Crippen LogP contribution is 2.43. The van der Waals surface area contributed by atoms with Crippen molar-refractivity contribution in [1.82, 2.24) is 5.32 Å². The Morgan fingerprint density at radius 2 is 1.93 bits per heavy atom. The van der Waals surface area contributed by atoms with Gasteiger partial charge in [0.25, 0.3) is 5.91 Å². The summed E-state index contributed by atoms with van der Waals surface area (Å²) in [5, 5.41) is 2.78. The fraction of sp³-hybridized carbons (Fsp3) is 0.286. The van der Waals surface area contributed by atoms with E-state index in [0.29, 0.717) is 30.1 Å². The molecule has 4 rings (SSSR count). The van der Waals surface area contributed by atoms with Gasteiger partial charge < -0.3 is 15.0 Å². The zero-order valence-corrected chi connectivity index (χ0v) is 16.9. The monoisotopic (exact) mass is 416 g/mol. The summed E-state index contributed by atoms with van der Waals surface area (Å²) in [7, 11) is -2.57. The van der Waals surface area contributed by atoms with Gasteiger partial charge in [-0.15, -0.1) is 0 Å². The van der Waals surface area contributed by atoms with Crippen molar-refractivity contribution in [2.75, 3.05) is 18.6 Å². The molecule has 0 radical (unpaired) electrons. The molecule has 0 bridgehead atoms. The second-order valence-corrected chi connectivity index (χ2v) is 8.97. The second kappa shape index (κ2) is 7.18. The number of hydrogen-bond donors (Lipinski definition) is 1. The summed E-state index contributed by atoms with van der Waals surface area (Å²) >= 11 is 0. The minimum absolute atomic E-state index is 0.162. The summed E-state index contributed by atoms with van der Waals surface area (Å²) in [6, 6.07) is 10.4. The number of amides is 1. The highest BCUT2D eigenvalue weighted by atomic mass is 32.2. The summed E-state index contributed by atoms with van der Waals surface area (Å²) in [6.45, 7) is 2.37. The molecule has 1 atom stereocenters. The third-order valence-corrected chi connectivity index (χ3v) is 7.19. The molecule has 1 amide bonds. The zero-order valence-electron chi connectivity index (χ0n) is 16.1. The van der Waals surface area contributed by atoms with Gasteiger partial charge in [0, 0.05) is 12.2 Å². The largest absolute Gasteiger partial charge is 0.497 e. The number of hydrogen-bond acceptors (Lipinski definition) is 5. The van der Waals surface area contributed by atoms with Crippen molar-refractivity contribution in [3.8, 4) is 5.75 Å². The molecule has 1 N–H and O–H groups in total. The molecule has 0 aromatic heterocycles. The highest BCUT2D eigenvalue weighted by molar-refractivity contribution is 7.96. The molecular weight excluding hydrogens is 395 g/mol. The first kappa shape index (κ1) is 19.4. The maximum absolute atomic E-state index is 13.8. The number of methoxy groups -OCH3 is 1. The predicted octanol–water partition coefficient (Wildman–Crippen LogP) is 3.31. The van der Waals surface area contributed by atoms with Crippen LogP contribution in [-0.2, 0) is 14.6 Å². The van der Waals surface area contributed by atoms with E-state index in [0.717, 1.165) is 18.1 Å². The Labute approximate surface area is 168 Å². The van der Waals surface area contributed by atoms with Crippen molar-refractivity contribution < 1.29 is 22.3 Å². The van der Waals surface area contributed by atoms with Crippen LogP contribution in [-0.4, -0.2) is 28.0 Å². The average molecular weight is 416 g/mol. The summed E-state index contributed by atoms with van der Waals surface area (Å²) in [5.74, 6) is -0.640. The van der Waals surface area contributed by atoms with Crippen LogP contribution in [0.1, 0.15) is 31.4 Å². The van der Waals surface area contributed by atoms with Crippen LogP contribution in [0.4, 0.5) is 10.1 Å². The molecule has 1 fully saturated rings. The highest BCUT2D eigenvalue weighted by Gasteiger charge is 2.42. The molecule has 1 unspecified atom stereocenters. The summed E-state index contributed by atoms with van der Waals surface area (Å²) < 4.78 is 45.4. The Morgan fingerprint density at radius 3 is 2.62 bits per heavy atom. The minimum atomic E-state index is -4.13. The number of halogens is 1. The lowest BCUT2D eigenvalue weighted by Gasteiger charge is -2.30. The maximum Gasteiger partial charge on any atom is 0.265 e. The fourth-order valence-corrected chi connectivity index (χ4v) is 5.63. The van der Waals surface area contributed by atoms with E-state index in [1.165, 1.54) is 12.1 Å². The normalized spacial score (nSPS) is 18.1. The third-order valence-electron chi connectivity index (χ3n) is 5.32. The summed E-state index contributed by atoms with van der Waals surface area (Å²) in [6.07, 6.45) is 1.21. The summed E-state index contributed by atoms with van der Waals surface area (Å²) in [5.41, 5.74) is 1.72. The molecule has 2 heterocycles. The topological polar surface area (TPSA) is 75.7 Å². The van der Waals surface area contributed by atoms with Crippen LogP contribution in [0.25, 0.3) is 0 Å². The number of allylic oxidation sites excluding steroid dienone is 1. The van der Waals surface area contributed by atoms with Gasteiger partial charge in [0.05, 0.1) is 23.7 Å². The Kier molecular flexibility index (Phi) is 4.82. The van der Waals surface area contributed by atoms with Gasteiger partial charge in [-0.3, -0.25) is 4.79 Å². The quantitative estimate of drug-likeness (QED) is 0.828. The van der Waals surface area contributed by atoms with Gasteiger partial charge >= 0.3 is 0 Å². The Hall–Kier alpha value is -2.87. The van der Waals surface area contributed by atoms with Crippen molar-refractivity contribution in [1.29, 1.82) is 0 Å². The first-order chi connectivity index (χ1) is 13.8. The molecule has 2 aliphatic heterocycles. The van der Waals surface area contributed by atoms with Gasteiger partial charge in [-0.05, 0) is 55.7 Å². The van der Waals surface area contributed by atoms with Gasteiger partial charge in [-0.2, -0.15) is 0 Å². The summed E-state index contributed by atoms with van der Waals surface area (Å²) in [4.78, 5) is 14.4. The van der Waals surface area contributed by atoms with E-state index in [2.05, 4.69) is 5.32 Å². The Bertz CT molecular complexity index is 1110. The van der Waals surface area contributed by atoms with E-state index < -0.39 is 27.6 Å². The molecule has 2 aromatic rings. The molecule has 29 heavy (non-hydrogen) atoms. The number of carbonyl (C=O) groups excluding carboxylic acids is 1. The van der Waals surface area contributed by atoms with Gasteiger partial charge in [0.2, 0.25) is 9.84 Å². The SMILES string of the molecule is COc1ccc(C(C)NC(=O)C2=C3CCCN3c3ccc(F)cc3S2(=O)=O)cc1. The predicted molar refractivity (Wildman–Crippen MR) is 107 cm³/mol. The lowest BCUT2D eigenvalue weighted by atomic mass is 10.1. The Balaban J connectivity index is 1.70. The minimum Gasteiger partial charge on any atom is -0.497 e. The molecular formula is C21H21FN2O4S. The van der Waals surface area contributed by atoms with Crippen molar-refractivity contribution in [2.45, 2.75) is 30.7 Å². The fourth-order valence-electron chi connectivity index (χ4n) is 3.86. The second-order valence-electron chi connectivity index (χ2n) is 7.11. The average Bonchev–Trinajstić information content (AvgIpc) is 3.16. The number of nitrogens with one attached hydrogen (secondary N) is 1. The van der Waals surface area contributed by atoms with E-state index >= 15 is 0 Å². The van der Waals surface area contributed by atoms with E-state index in [9.17, 15) is 17.6 Å². The van der Waals surface area contributed by atoms with Crippen LogP contribution in [0.3, 0.4) is 0 Å². The number of nitrogens with zero attached hydrogens (tertiary/aromatic N) is 1. The van der Waals surface area contributed by atoms with Crippen LogP contribution in [0, 0.1) is 5.82 Å². The van der Waals surface area contributed by atoms with Crippen LogP contribution >= 0.6 is 0 Å². The molecule has 0 spiro atoms. The molecule has 1 saturated heterocycles. The maximum atomic E-state index is 13.8. The molecule has 152 valence electrons. The first-order valence-electron chi connectivity index (χ1n) is 9.33. The van der Waals surface area contributed by atoms with Crippen molar-refractivity contribution in [3.63, 3.8) is 0 Å². The van der Waals surface area contributed by atoms with E-state index in [-0.39, 0.29) is 9.80 Å². The Morgan fingerprint density at radius 1 is 1.21 bits per heavy atom. The van der Waals surface area contributed by atoms with E-state index in [1.807, 2.05) is 17.0 Å². The van der Waals surface area contributed by atoms with Crippen molar-refractivity contribution in [3.05, 3.63) is 64.4 Å². The van der Waals surface area contributed by atoms with E-state index in [4.69, 9.17) is 4.74 Å². The zero-order chi connectivity index (χ0) is 20.8. The van der Waals surface area contributed by atoms with Gasteiger partial charge in [-0.25, -0.2) is 12.8 Å². The van der Waals surface area contributed by atoms with Crippen molar-refractivity contribution >= 4 is 21.4 Å². The van der Waals surface area contributed by atoms with Gasteiger partial charge in [-0.1, -0.05) is 12.1 Å². The molecule has 2 aromatic carbocycles. The number of sulfone groups is 1.